The summed E-state index contributed by atoms with van der Waals surface area (Å²) >= 11 is 0. The molecule has 0 radical (unpaired) electrons. The molecule has 2 aromatic carbocycles. The van der Waals surface area contributed by atoms with E-state index in [4.69, 9.17) is 14.2 Å². The van der Waals surface area contributed by atoms with Gasteiger partial charge in [-0.05, 0) is 48.6 Å². The maximum atomic E-state index is 5.67. The van der Waals surface area contributed by atoms with Crippen LogP contribution in [0.5, 0.6) is 11.5 Å². The molecule has 6 nitrogen and oxygen atoms in total. The molecule has 1 aliphatic rings. The third kappa shape index (κ3) is 5.05. The second-order valence-corrected chi connectivity index (χ2v) is 7.68. The van der Waals surface area contributed by atoms with Gasteiger partial charge in [0.25, 0.3) is 0 Å². The first-order chi connectivity index (χ1) is 14.6. The Labute approximate surface area is 179 Å². The predicted octanol–water partition coefficient (Wildman–Crippen LogP) is 3.43. The standard InChI is InChI=1S/C24H33N3O3/c1-18-7-5-6-8-20(18)24(11-13-30-14-12-24)17-27-23(25-2)26-16-19-9-10-21(28-3)22(15-19)29-4/h5-10,15H,11-14,16-17H2,1-4H3,(H2,25,26,27). The second kappa shape index (κ2) is 10.3. The molecule has 0 aromatic heterocycles. The summed E-state index contributed by atoms with van der Waals surface area (Å²) in [6.45, 7) is 5.21. The zero-order valence-electron chi connectivity index (χ0n) is 18.5. The highest BCUT2D eigenvalue weighted by Crippen LogP contribution is 2.36. The molecule has 0 bridgehead atoms. The number of ether oxygens (including phenoxy) is 3. The summed E-state index contributed by atoms with van der Waals surface area (Å²) in [6, 6.07) is 14.6. The molecule has 1 heterocycles. The summed E-state index contributed by atoms with van der Waals surface area (Å²) < 4.78 is 16.4. The fraction of sp³-hybridized carbons (Fsp3) is 0.458. The predicted molar refractivity (Wildman–Crippen MR) is 121 cm³/mol. The van der Waals surface area contributed by atoms with Crippen molar-refractivity contribution in [3.8, 4) is 11.5 Å². The zero-order chi connectivity index (χ0) is 21.4. The molecule has 1 fully saturated rings. The van der Waals surface area contributed by atoms with E-state index in [0.29, 0.717) is 6.54 Å². The molecule has 0 amide bonds. The normalized spacial score (nSPS) is 16.1. The Hall–Kier alpha value is -2.73. The topological polar surface area (TPSA) is 64.1 Å². The van der Waals surface area contributed by atoms with Crippen LogP contribution >= 0.6 is 0 Å². The highest BCUT2D eigenvalue weighted by atomic mass is 16.5. The van der Waals surface area contributed by atoms with E-state index in [0.717, 1.165) is 55.6 Å². The van der Waals surface area contributed by atoms with Crippen LogP contribution in [0.1, 0.15) is 29.5 Å². The average molecular weight is 412 g/mol. The monoisotopic (exact) mass is 411 g/mol. The van der Waals surface area contributed by atoms with Gasteiger partial charge in [-0.3, -0.25) is 4.99 Å². The third-order valence-electron chi connectivity index (χ3n) is 5.89. The van der Waals surface area contributed by atoms with Gasteiger partial charge < -0.3 is 24.8 Å². The van der Waals surface area contributed by atoms with Gasteiger partial charge in [-0.15, -0.1) is 0 Å². The first-order valence-electron chi connectivity index (χ1n) is 10.4. The number of benzene rings is 2. The van der Waals surface area contributed by atoms with Crippen LogP contribution in [-0.2, 0) is 16.7 Å². The third-order valence-corrected chi connectivity index (χ3v) is 5.89. The van der Waals surface area contributed by atoms with Crippen LogP contribution < -0.4 is 20.1 Å². The Kier molecular flexibility index (Phi) is 7.57. The van der Waals surface area contributed by atoms with Crippen LogP contribution in [0.4, 0.5) is 0 Å². The van der Waals surface area contributed by atoms with Crippen molar-refractivity contribution in [2.45, 2.75) is 31.7 Å². The minimum absolute atomic E-state index is 0.0462. The maximum absolute atomic E-state index is 5.67. The maximum Gasteiger partial charge on any atom is 0.191 e. The molecule has 30 heavy (non-hydrogen) atoms. The van der Waals surface area contributed by atoms with Crippen molar-refractivity contribution in [3.63, 3.8) is 0 Å². The molecule has 0 atom stereocenters. The van der Waals surface area contributed by atoms with Crippen molar-refractivity contribution in [2.24, 2.45) is 4.99 Å². The minimum atomic E-state index is 0.0462. The summed E-state index contributed by atoms with van der Waals surface area (Å²) in [4.78, 5) is 4.42. The molecule has 6 heteroatoms. The molecule has 0 aliphatic carbocycles. The lowest BCUT2D eigenvalue weighted by molar-refractivity contribution is 0.0512. The Morgan fingerprint density at radius 3 is 2.43 bits per heavy atom. The van der Waals surface area contributed by atoms with Crippen LogP contribution in [0.2, 0.25) is 0 Å². The van der Waals surface area contributed by atoms with Gasteiger partial charge in [0.1, 0.15) is 0 Å². The SMILES string of the molecule is CN=C(NCc1ccc(OC)c(OC)c1)NCC1(c2ccccc2C)CCOCC1. The number of rotatable bonds is 7. The molecule has 1 aliphatic heterocycles. The number of nitrogens with zero attached hydrogens (tertiary/aromatic N) is 1. The fourth-order valence-corrected chi connectivity index (χ4v) is 4.12. The first kappa shape index (κ1) is 22.0. The molecule has 2 N–H and O–H groups in total. The molecule has 162 valence electrons. The number of hydrogen-bond donors (Lipinski definition) is 2. The van der Waals surface area contributed by atoms with Crippen molar-refractivity contribution in [3.05, 3.63) is 59.2 Å². The van der Waals surface area contributed by atoms with Gasteiger partial charge >= 0.3 is 0 Å². The molecule has 0 saturated carbocycles. The van der Waals surface area contributed by atoms with E-state index in [-0.39, 0.29) is 5.41 Å². The summed E-state index contributed by atoms with van der Waals surface area (Å²) in [5, 5.41) is 6.96. The van der Waals surface area contributed by atoms with Crippen molar-refractivity contribution < 1.29 is 14.2 Å². The largest absolute Gasteiger partial charge is 0.493 e. The first-order valence-corrected chi connectivity index (χ1v) is 10.4. The van der Waals surface area contributed by atoms with Gasteiger partial charge in [-0.1, -0.05) is 30.3 Å². The zero-order valence-corrected chi connectivity index (χ0v) is 18.5. The number of guanidine groups is 1. The van der Waals surface area contributed by atoms with Gasteiger partial charge in [0.2, 0.25) is 0 Å². The van der Waals surface area contributed by atoms with Crippen molar-refractivity contribution in [2.75, 3.05) is 41.0 Å². The lowest BCUT2D eigenvalue weighted by Gasteiger charge is -2.39. The van der Waals surface area contributed by atoms with Crippen LogP contribution in [-0.4, -0.2) is 47.0 Å². The van der Waals surface area contributed by atoms with E-state index >= 15 is 0 Å². The lowest BCUT2D eigenvalue weighted by Crippen LogP contribution is -2.48. The molecule has 3 rings (SSSR count). The van der Waals surface area contributed by atoms with E-state index in [2.05, 4.69) is 46.8 Å². The average Bonchev–Trinajstić information content (AvgIpc) is 2.79. The fourth-order valence-electron chi connectivity index (χ4n) is 4.12. The van der Waals surface area contributed by atoms with Crippen LogP contribution in [0.25, 0.3) is 0 Å². The van der Waals surface area contributed by atoms with Crippen molar-refractivity contribution >= 4 is 5.96 Å². The van der Waals surface area contributed by atoms with Crippen LogP contribution in [0.15, 0.2) is 47.5 Å². The number of methoxy groups -OCH3 is 2. The summed E-state index contributed by atoms with van der Waals surface area (Å²) in [6.07, 6.45) is 2.00. The van der Waals surface area contributed by atoms with Crippen LogP contribution in [0.3, 0.4) is 0 Å². The minimum Gasteiger partial charge on any atom is -0.493 e. The molecular weight excluding hydrogens is 378 g/mol. The molecule has 0 spiro atoms. The summed E-state index contributed by atoms with van der Waals surface area (Å²) in [5.74, 6) is 2.23. The van der Waals surface area contributed by atoms with Crippen molar-refractivity contribution in [1.82, 2.24) is 10.6 Å². The van der Waals surface area contributed by atoms with Gasteiger partial charge in [0, 0.05) is 38.8 Å². The second-order valence-electron chi connectivity index (χ2n) is 7.68. The molecule has 1 saturated heterocycles. The summed E-state index contributed by atoms with van der Waals surface area (Å²) in [7, 11) is 5.09. The van der Waals surface area contributed by atoms with E-state index in [1.165, 1.54) is 11.1 Å². The number of nitrogens with one attached hydrogen (secondary N) is 2. The smallest absolute Gasteiger partial charge is 0.191 e. The quantitative estimate of drug-likeness (QED) is 0.540. The number of aliphatic imine (C=N–C) groups is 1. The van der Waals surface area contributed by atoms with Crippen LogP contribution in [0, 0.1) is 6.92 Å². The van der Waals surface area contributed by atoms with Gasteiger partial charge in [0.05, 0.1) is 14.2 Å². The molecular formula is C24H33N3O3. The van der Waals surface area contributed by atoms with Crippen molar-refractivity contribution in [1.29, 1.82) is 0 Å². The van der Waals surface area contributed by atoms with E-state index in [9.17, 15) is 0 Å². The van der Waals surface area contributed by atoms with Gasteiger partial charge in [-0.25, -0.2) is 0 Å². The molecule has 2 aromatic rings. The Morgan fingerprint density at radius 1 is 1.03 bits per heavy atom. The van der Waals surface area contributed by atoms with E-state index in [1.54, 1.807) is 21.3 Å². The summed E-state index contributed by atoms with van der Waals surface area (Å²) in [5.41, 5.74) is 3.87. The van der Waals surface area contributed by atoms with E-state index in [1.807, 2.05) is 18.2 Å². The molecule has 0 unspecified atom stereocenters. The Balaban J connectivity index is 1.67. The Morgan fingerprint density at radius 2 is 1.77 bits per heavy atom. The van der Waals surface area contributed by atoms with Gasteiger partial charge in [0.15, 0.2) is 17.5 Å². The number of hydrogen-bond acceptors (Lipinski definition) is 4. The van der Waals surface area contributed by atoms with E-state index < -0.39 is 0 Å². The van der Waals surface area contributed by atoms with Gasteiger partial charge in [-0.2, -0.15) is 0 Å². The highest BCUT2D eigenvalue weighted by Gasteiger charge is 2.35. The lowest BCUT2D eigenvalue weighted by atomic mass is 9.72. The Bertz CT molecular complexity index is 861. The highest BCUT2D eigenvalue weighted by molar-refractivity contribution is 5.79. The number of aryl methyl sites for hydroxylation is 1.